The molecule has 0 bridgehead atoms. The number of aromatic nitrogens is 1. The van der Waals surface area contributed by atoms with Gasteiger partial charge >= 0.3 is 0 Å². The average molecular weight is 220 g/mol. The van der Waals surface area contributed by atoms with Crippen LogP contribution in [0.4, 0.5) is 0 Å². The average Bonchev–Trinajstić information content (AvgIpc) is 2.31. The monoisotopic (exact) mass is 220 g/mol. The Morgan fingerprint density at radius 2 is 1.88 bits per heavy atom. The molecule has 1 unspecified atom stereocenters. The third kappa shape index (κ3) is 3.60. The van der Waals surface area contributed by atoms with Crippen molar-refractivity contribution in [3.05, 3.63) is 29.6 Å². The first-order valence-electron chi connectivity index (χ1n) is 6.40. The lowest BCUT2D eigenvalue weighted by atomic mass is 9.91. The summed E-state index contributed by atoms with van der Waals surface area (Å²) >= 11 is 0. The van der Waals surface area contributed by atoms with Gasteiger partial charge in [-0.2, -0.15) is 0 Å². The molecule has 16 heavy (non-hydrogen) atoms. The summed E-state index contributed by atoms with van der Waals surface area (Å²) in [5.41, 5.74) is 8.61. The predicted octanol–water partition coefficient (Wildman–Crippen LogP) is 2.95. The molecule has 0 saturated heterocycles. The van der Waals surface area contributed by atoms with Gasteiger partial charge in [0.2, 0.25) is 0 Å². The molecule has 90 valence electrons. The number of hydrogen-bond acceptors (Lipinski definition) is 2. The van der Waals surface area contributed by atoms with Crippen molar-refractivity contribution in [3.8, 4) is 0 Å². The van der Waals surface area contributed by atoms with E-state index in [9.17, 15) is 0 Å². The van der Waals surface area contributed by atoms with Crippen molar-refractivity contribution in [2.24, 2.45) is 11.7 Å². The molecule has 2 nitrogen and oxygen atoms in total. The van der Waals surface area contributed by atoms with E-state index in [0.717, 1.165) is 31.4 Å². The van der Waals surface area contributed by atoms with E-state index in [-0.39, 0.29) is 6.04 Å². The molecule has 2 heteroatoms. The minimum absolute atomic E-state index is 0.245. The van der Waals surface area contributed by atoms with Gasteiger partial charge in [0.15, 0.2) is 0 Å². The fraction of sp³-hybridized carbons (Fsp3) is 0.643. The third-order valence-corrected chi connectivity index (χ3v) is 3.39. The molecule has 0 aromatic carbocycles. The lowest BCUT2D eigenvalue weighted by Gasteiger charge is -2.20. The molecular weight excluding hydrogens is 196 g/mol. The minimum Gasteiger partial charge on any atom is -0.327 e. The summed E-state index contributed by atoms with van der Waals surface area (Å²) in [6.45, 7) is 6.57. The number of rotatable bonds is 6. The number of nitrogens with two attached hydrogens (primary N) is 1. The number of hydrogen-bond donors (Lipinski definition) is 1. The molecule has 0 aliphatic heterocycles. The van der Waals surface area contributed by atoms with Gasteiger partial charge in [-0.1, -0.05) is 39.7 Å². The van der Waals surface area contributed by atoms with Gasteiger partial charge in [-0.3, -0.25) is 4.98 Å². The Kier molecular flexibility index (Phi) is 5.47. The molecule has 0 aliphatic rings. The molecule has 1 aromatic heterocycles. The van der Waals surface area contributed by atoms with Crippen LogP contribution in [0.5, 0.6) is 0 Å². The van der Waals surface area contributed by atoms with Crippen molar-refractivity contribution in [1.29, 1.82) is 0 Å². The maximum Gasteiger partial charge on any atom is 0.0419 e. The standard InChI is InChI=1S/C14H24N2/c1-4-11-7-8-13(16-10-11)9-14(15)12(5-2)6-3/h7-8,10,12,14H,4-6,9,15H2,1-3H3. The molecule has 2 N–H and O–H groups in total. The van der Waals surface area contributed by atoms with Crippen LogP contribution in [0, 0.1) is 5.92 Å². The molecule has 0 saturated carbocycles. The van der Waals surface area contributed by atoms with Gasteiger partial charge in [0.25, 0.3) is 0 Å². The Balaban J connectivity index is 2.58. The Hall–Kier alpha value is -0.890. The molecule has 0 spiro atoms. The van der Waals surface area contributed by atoms with Gasteiger partial charge in [0.1, 0.15) is 0 Å². The second-order valence-electron chi connectivity index (χ2n) is 4.46. The van der Waals surface area contributed by atoms with E-state index < -0.39 is 0 Å². The van der Waals surface area contributed by atoms with Gasteiger partial charge in [-0.25, -0.2) is 0 Å². The summed E-state index contributed by atoms with van der Waals surface area (Å²) in [7, 11) is 0. The fourth-order valence-electron chi connectivity index (χ4n) is 2.09. The van der Waals surface area contributed by atoms with Crippen LogP contribution in [-0.2, 0) is 12.8 Å². The Bertz CT molecular complexity index is 288. The Morgan fingerprint density at radius 3 is 2.31 bits per heavy atom. The lowest BCUT2D eigenvalue weighted by molar-refractivity contribution is 0.391. The van der Waals surface area contributed by atoms with E-state index in [1.165, 1.54) is 5.56 Å². The van der Waals surface area contributed by atoms with Crippen LogP contribution in [0.25, 0.3) is 0 Å². The molecule has 0 amide bonds. The zero-order chi connectivity index (χ0) is 12.0. The van der Waals surface area contributed by atoms with Crippen LogP contribution in [0.1, 0.15) is 44.9 Å². The van der Waals surface area contributed by atoms with E-state index in [4.69, 9.17) is 5.73 Å². The Morgan fingerprint density at radius 1 is 1.19 bits per heavy atom. The van der Waals surface area contributed by atoms with Gasteiger partial charge in [0.05, 0.1) is 0 Å². The van der Waals surface area contributed by atoms with Crippen molar-refractivity contribution in [1.82, 2.24) is 4.98 Å². The van der Waals surface area contributed by atoms with Crippen molar-refractivity contribution < 1.29 is 0 Å². The fourth-order valence-corrected chi connectivity index (χ4v) is 2.09. The van der Waals surface area contributed by atoms with Gasteiger partial charge in [0, 0.05) is 24.4 Å². The van der Waals surface area contributed by atoms with Crippen LogP contribution < -0.4 is 5.73 Å². The molecule has 0 fully saturated rings. The molecule has 1 aromatic rings. The van der Waals surface area contributed by atoms with Gasteiger partial charge in [-0.05, 0) is 24.0 Å². The van der Waals surface area contributed by atoms with Crippen LogP contribution in [0.3, 0.4) is 0 Å². The first-order valence-corrected chi connectivity index (χ1v) is 6.40. The smallest absolute Gasteiger partial charge is 0.0419 e. The molecule has 0 radical (unpaired) electrons. The topological polar surface area (TPSA) is 38.9 Å². The minimum atomic E-state index is 0.245. The highest BCUT2D eigenvalue weighted by atomic mass is 14.7. The first-order chi connectivity index (χ1) is 7.71. The molecule has 0 aliphatic carbocycles. The van der Waals surface area contributed by atoms with Crippen molar-refractivity contribution in [2.75, 3.05) is 0 Å². The second kappa shape index (κ2) is 6.64. The molecule has 1 rings (SSSR count). The maximum absolute atomic E-state index is 6.20. The van der Waals surface area contributed by atoms with Crippen LogP contribution in [0.2, 0.25) is 0 Å². The van der Waals surface area contributed by atoms with E-state index in [1.807, 2.05) is 6.20 Å². The Labute approximate surface area is 99.3 Å². The summed E-state index contributed by atoms with van der Waals surface area (Å²) in [6.07, 6.45) is 6.23. The quantitative estimate of drug-likeness (QED) is 0.800. The summed E-state index contributed by atoms with van der Waals surface area (Å²) in [4.78, 5) is 4.46. The SMILES string of the molecule is CCc1ccc(CC(N)C(CC)CC)nc1. The molecule has 1 atom stereocenters. The van der Waals surface area contributed by atoms with Crippen LogP contribution >= 0.6 is 0 Å². The number of pyridine rings is 1. The highest BCUT2D eigenvalue weighted by Gasteiger charge is 2.14. The number of nitrogens with zero attached hydrogens (tertiary/aromatic N) is 1. The predicted molar refractivity (Wildman–Crippen MR) is 69.4 cm³/mol. The van der Waals surface area contributed by atoms with E-state index >= 15 is 0 Å². The van der Waals surface area contributed by atoms with E-state index in [2.05, 4.69) is 37.9 Å². The summed E-state index contributed by atoms with van der Waals surface area (Å²) in [6, 6.07) is 4.51. The zero-order valence-electron chi connectivity index (χ0n) is 10.7. The zero-order valence-corrected chi connectivity index (χ0v) is 10.7. The van der Waals surface area contributed by atoms with E-state index in [1.54, 1.807) is 0 Å². The summed E-state index contributed by atoms with van der Waals surface area (Å²) in [5.74, 6) is 0.618. The highest BCUT2D eigenvalue weighted by molar-refractivity contribution is 5.14. The lowest BCUT2D eigenvalue weighted by Crippen LogP contribution is -2.31. The van der Waals surface area contributed by atoms with Crippen molar-refractivity contribution in [3.63, 3.8) is 0 Å². The first kappa shape index (κ1) is 13.2. The third-order valence-electron chi connectivity index (χ3n) is 3.39. The second-order valence-corrected chi connectivity index (χ2v) is 4.46. The maximum atomic E-state index is 6.20. The largest absolute Gasteiger partial charge is 0.327 e. The van der Waals surface area contributed by atoms with E-state index in [0.29, 0.717) is 5.92 Å². The normalized spacial score (nSPS) is 13.1. The highest BCUT2D eigenvalue weighted by Crippen LogP contribution is 2.14. The van der Waals surface area contributed by atoms with Crippen LogP contribution in [0.15, 0.2) is 18.3 Å². The molecule has 1 heterocycles. The van der Waals surface area contributed by atoms with Crippen molar-refractivity contribution >= 4 is 0 Å². The van der Waals surface area contributed by atoms with Gasteiger partial charge < -0.3 is 5.73 Å². The summed E-state index contributed by atoms with van der Waals surface area (Å²) < 4.78 is 0. The van der Waals surface area contributed by atoms with Crippen molar-refractivity contribution in [2.45, 2.75) is 52.5 Å². The molecular formula is C14H24N2. The summed E-state index contributed by atoms with van der Waals surface area (Å²) in [5, 5.41) is 0. The van der Waals surface area contributed by atoms with Crippen LogP contribution in [-0.4, -0.2) is 11.0 Å². The van der Waals surface area contributed by atoms with Gasteiger partial charge in [-0.15, -0.1) is 0 Å². The number of aryl methyl sites for hydroxylation is 1.